The van der Waals surface area contributed by atoms with Gasteiger partial charge in [-0.25, -0.2) is 0 Å². The fourth-order valence-electron chi connectivity index (χ4n) is 3.09. The molecule has 0 bridgehead atoms. The third-order valence-corrected chi connectivity index (χ3v) is 5.32. The van der Waals surface area contributed by atoms with E-state index in [2.05, 4.69) is 41.4 Å². The zero-order valence-electron chi connectivity index (χ0n) is 15.5. The zero-order valence-corrected chi connectivity index (χ0v) is 18.7. The summed E-state index contributed by atoms with van der Waals surface area (Å²) in [6.07, 6.45) is 3.69. The Kier molecular flexibility index (Phi) is 11.8. The number of carbonyl (C=O) groups is 1. The van der Waals surface area contributed by atoms with Crippen LogP contribution in [-0.2, 0) is 4.79 Å². The maximum atomic E-state index is 11.2. The van der Waals surface area contributed by atoms with Crippen molar-refractivity contribution in [3.8, 4) is 0 Å². The average Bonchev–Trinajstić information content (AvgIpc) is 2.61. The molecule has 0 spiro atoms. The normalized spacial score (nSPS) is 17.5. The number of likely N-dealkylation sites (tertiary alicyclic amines) is 1. The van der Waals surface area contributed by atoms with Gasteiger partial charge in [-0.05, 0) is 50.0 Å². The van der Waals surface area contributed by atoms with Crippen LogP contribution >= 0.6 is 35.7 Å². The maximum absolute atomic E-state index is 11.2. The van der Waals surface area contributed by atoms with Crippen molar-refractivity contribution in [2.45, 2.75) is 37.5 Å². The second-order valence-corrected chi connectivity index (χ2v) is 7.54. The standard InChI is InChI=1S/C19H30N4OS.HI/c1-2-21-19(23-12-6-8-16(15-23)14-18(20)24)22-11-7-13-25-17-9-4-3-5-10-17;/h3-5,9-10,16H,2,6-8,11-15H2,1H3,(H2,20,24)(H,21,22);1H. The van der Waals surface area contributed by atoms with Gasteiger partial charge in [-0.2, -0.15) is 0 Å². The third kappa shape index (κ3) is 8.62. The molecule has 1 heterocycles. The number of thioether (sulfide) groups is 1. The Morgan fingerprint density at radius 2 is 2.15 bits per heavy atom. The number of aliphatic imine (C=N–C) groups is 1. The lowest BCUT2D eigenvalue weighted by atomic mass is 9.95. The van der Waals surface area contributed by atoms with E-state index in [1.807, 2.05) is 17.8 Å². The van der Waals surface area contributed by atoms with Crippen LogP contribution in [0.5, 0.6) is 0 Å². The van der Waals surface area contributed by atoms with E-state index in [9.17, 15) is 4.79 Å². The molecule has 7 heteroatoms. The van der Waals surface area contributed by atoms with Gasteiger partial charge in [0, 0.05) is 37.5 Å². The predicted molar refractivity (Wildman–Crippen MR) is 121 cm³/mol. The molecule has 1 aromatic carbocycles. The van der Waals surface area contributed by atoms with Gasteiger partial charge in [-0.1, -0.05) is 18.2 Å². The van der Waals surface area contributed by atoms with Crippen molar-refractivity contribution in [2.24, 2.45) is 16.6 Å². The van der Waals surface area contributed by atoms with E-state index in [1.165, 1.54) is 4.90 Å². The largest absolute Gasteiger partial charge is 0.370 e. The van der Waals surface area contributed by atoms with Crippen LogP contribution in [-0.4, -0.2) is 48.7 Å². The van der Waals surface area contributed by atoms with Crippen LogP contribution in [0.4, 0.5) is 0 Å². The molecule has 1 aliphatic heterocycles. The lowest BCUT2D eigenvalue weighted by molar-refractivity contribution is -0.119. The Labute approximate surface area is 178 Å². The molecule has 3 N–H and O–H groups in total. The summed E-state index contributed by atoms with van der Waals surface area (Å²) < 4.78 is 0. The molecule has 26 heavy (non-hydrogen) atoms. The van der Waals surface area contributed by atoms with Crippen molar-refractivity contribution in [3.63, 3.8) is 0 Å². The minimum absolute atomic E-state index is 0. The van der Waals surface area contributed by atoms with Gasteiger partial charge >= 0.3 is 0 Å². The first-order valence-corrected chi connectivity index (χ1v) is 10.2. The van der Waals surface area contributed by atoms with Crippen LogP contribution in [0.25, 0.3) is 0 Å². The van der Waals surface area contributed by atoms with Crippen molar-refractivity contribution < 1.29 is 4.79 Å². The summed E-state index contributed by atoms with van der Waals surface area (Å²) in [6, 6.07) is 10.5. The number of rotatable bonds is 8. The van der Waals surface area contributed by atoms with E-state index in [4.69, 9.17) is 10.7 Å². The van der Waals surface area contributed by atoms with Crippen molar-refractivity contribution in [1.82, 2.24) is 10.2 Å². The Bertz CT molecular complexity index is 556. The van der Waals surface area contributed by atoms with Gasteiger partial charge in [-0.15, -0.1) is 35.7 Å². The van der Waals surface area contributed by atoms with Gasteiger partial charge in [0.2, 0.25) is 5.91 Å². The number of hydrogen-bond acceptors (Lipinski definition) is 3. The van der Waals surface area contributed by atoms with Crippen molar-refractivity contribution in [1.29, 1.82) is 0 Å². The molecule has 2 rings (SSSR count). The number of primary amides is 1. The molecule has 0 aliphatic carbocycles. The summed E-state index contributed by atoms with van der Waals surface area (Å²) in [6.45, 7) is 5.63. The summed E-state index contributed by atoms with van der Waals surface area (Å²) in [5.41, 5.74) is 5.36. The van der Waals surface area contributed by atoms with Crippen LogP contribution in [0.1, 0.15) is 32.6 Å². The number of nitrogens with zero attached hydrogens (tertiary/aromatic N) is 2. The molecule has 1 unspecified atom stereocenters. The number of benzene rings is 1. The quantitative estimate of drug-likeness (QED) is 0.193. The number of guanidine groups is 1. The van der Waals surface area contributed by atoms with E-state index >= 15 is 0 Å². The Morgan fingerprint density at radius 1 is 1.38 bits per heavy atom. The zero-order chi connectivity index (χ0) is 17.9. The maximum Gasteiger partial charge on any atom is 0.217 e. The third-order valence-electron chi connectivity index (χ3n) is 4.22. The molecule has 1 fully saturated rings. The first kappa shape index (κ1) is 23.1. The minimum Gasteiger partial charge on any atom is -0.370 e. The van der Waals surface area contributed by atoms with Gasteiger partial charge in [0.25, 0.3) is 0 Å². The van der Waals surface area contributed by atoms with Crippen molar-refractivity contribution >= 4 is 47.6 Å². The first-order valence-electron chi connectivity index (χ1n) is 9.18. The summed E-state index contributed by atoms with van der Waals surface area (Å²) >= 11 is 1.87. The molecule has 1 aromatic rings. The summed E-state index contributed by atoms with van der Waals surface area (Å²) in [4.78, 5) is 19.6. The van der Waals surface area contributed by atoms with Crippen LogP contribution in [0.2, 0.25) is 0 Å². The highest BCUT2D eigenvalue weighted by Gasteiger charge is 2.23. The smallest absolute Gasteiger partial charge is 0.217 e. The van der Waals surface area contributed by atoms with E-state index in [0.29, 0.717) is 12.3 Å². The van der Waals surface area contributed by atoms with Gasteiger partial charge in [0.15, 0.2) is 5.96 Å². The van der Waals surface area contributed by atoms with Crippen LogP contribution in [0, 0.1) is 5.92 Å². The van der Waals surface area contributed by atoms with E-state index in [0.717, 1.165) is 57.2 Å². The number of nitrogens with two attached hydrogens (primary N) is 1. The minimum atomic E-state index is -0.202. The second kappa shape index (κ2) is 13.2. The van der Waals surface area contributed by atoms with Gasteiger partial charge in [0.1, 0.15) is 0 Å². The van der Waals surface area contributed by atoms with Crippen molar-refractivity contribution in [3.05, 3.63) is 30.3 Å². The lowest BCUT2D eigenvalue weighted by Crippen LogP contribution is -2.47. The molecule has 146 valence electrons. The molecule has 1 amide bonds. The average molecular weight is 490 g/mol. The van der Waals surface area contributed by atoms with Gasteiger partial charge < -0.3 is 16.0 Å². The summed E-state index contributed by atoms with van der Waals surface area (Å²) in [5, 5.41) is 3.39. The number of nitrogens with one attached hydrogen (secondary N) is 1. The van der Waals surface area contributed by atoms with E-state index in [-0.39, 0.29) is 29.9 Å². The SMILES string of the molecule is CCNC(=NCCCSc1ccccc1)N1CCCC(CC(N)=O)C1.I. The topological polar surface area (TPSA) is 70.7 Å². The monoisotopic (exact) mass is 490 g/mol. The Balaban J connectivity index is 0.00000338. The fourth-order valence-corrected chi connectivity index (χ4v) is 3.95. The first-order chi connectivity index (χ1) is 12.2. The highest BCUT2D eigenvalue weighted by molar-refractivity contribution is 14.0. The van der Waals surface area contributed by atoms with Crippen LogP contribution in [0.3, 0.4) is 0 Å². The number of halogens is 1. The molecule has 1 aliphatic rings. The van der Waals surface area contributed by atoms with Crippen molar-refractivity contribution in [2.75, 3.05) is 31.9 Å². The summed E-state index contributed by atoms with van der Waals surface area (Å²) in [5.74, 6) is 2.19. The van der Waals surface area contributed by atoms with Gasteiger partial charge in [-0.3, -0.25) is 9.79 Å². The highest BCUT2D eigenvalue weighted by Crippen LogP contribution is 2.20. The number of hydrogen-bond donors (Lipinski definition) is 2. The molecule has 0 aromatic heterocycles. The molecule has 0 saturated carbocycles. The number of carbonyl (C=O) groups excluding carboxylic acids is 1. The fraction of sp³-hybridized carbons (Fsp3) is 0.579. The molecular formula is C19H31IN4OS. The summed E-state index contributed by atoms with van der Waals surface area (Å²) in [7, 11) is 0. The van der Waals surface area contributed by atoms with Crippen LogP contribution < -0.4 is 11.1 Å². The number of amides is 1. The predicted octanol–water partition coefficient (Wildman–Crippen LogP) is 3.34. The van der Waals surface area contributed by atoms with Gasteiger partial charge in [0.05, 0.1) is 0 Å². The molecule has 5 nitrogen and oxygen atoms in total. The molecule has 1 atom stereocenters. The van der Waals surface area contributed by atoms with E-state index < -0.39 is 0 Å². The molecule has 0 radical (unpaired) electrons. The van der Waals surface area contributed by atoms with E-state index in [1.54, 1.807) is 0 Å². The Hall–Kier alpha value is -0.960. The highest BCUT2D eigenvalue weighted by atomic mass is 127. The van der Waals surface area contributed by atoms with Crippen LogP contribution in [0.15, 0.2) is 40.2 Å². The Morgan fingerprint density at radius 3 is 2.85 bits per heavy atom. The number of piperidine rings is 1. The lowest BCUT2D eigenvalue weighted by Gasteiger charge is -2.34. The second-order valence-electron chi connectivity index (χ2n) is 6.38. The molecule has 1 saturated heterocycles. The molecular weight excluding hydrogens is 459 g/mol.